The van der Waals surface area contributed by atoms with Crippen LogP contribution >= 0.6 is 0 Å². The van der Waals surface area contributed by atoms with Crippen LogP contribution in [0.5, 0.6) is 0 Å². The fourth-order valence-electron chi connectivity index (χ4n) is 3.72. The molecular formula is C18H31N3O4. The minimum Gasteiger partial charge on any atom is -0.481 e. The van der Waals surface area contributed by atoms with Gasteiger partial charge in [-0.05, 0) is 39.0 Å². The number of nitrogens with one attached hydrogen (secondary N) is 1. The highest BCUT2D eigenvalue weighted by Gasteiger charge is 2.42. The molecule has 0 spiro atoms. The van der Waals surface area contributed by atoms with Gasteiger partial charge < -0.3 is 20.2 Å². The van der Waals surface area contributed by atoms with Gasteiger partial charge in [-0.3, -0.25) is 9.59 Å². The van der Waals surface area contributed by atoms with E-state index < -0.39 is 11.4 Å². The number of carbonyl (C=O) groups is 3. The molecule has 2 fully saturated rings. The monoisotopic (exact) mass is 353 g/mol. The topological polar surface area (TPSA) is 90.0 Å². The molecule has 0 saturated carbocycles. The zero-order valence-electron chi connectivity index (χ0n) is 15.6. The highest BCUT2D eigenvalue weighted by atomic mass is 16.4. The molecule has 142 valence electrons. The summed E-state index contributed by atoms with van der Waals surface area (Å²) in [5.41, 5.74) is -0.845. The zero-order valence-corrected chi connectivity index (χ0v) is 15.6. The number of carboxylic acid groups (broad SMARTS) is 1. The van der Waals surface area contributed by atoms with Crippen molar-refractivity contribution in [1.29, 1.82) is 0 Å². The number of piperidine rings is 1. The van der Waals surface area contributed by atoms with Crippen LogP contribution in [0, 0.1) is 11.3 Å². The van der Waals surface area contributed by atoms with Crippen molar-refractivity contribution >= 4 is 17.9 Å². The van der Waals surface area contributed by atoms with E-state index in [1.807, 2.05) is 18.7 Å². The molecule has 7 nitrogen and oxygen atoms in total. The average molecular weight is 353 g/mol. The van der Waals surface area contributed by atoms with Crippen LogP contribution in [0.3, 0.4) is 0 Å². The third-order valence-corrected chi connectivity index (χ3v) is 5.75. The van der Waals surface area contributed by atoms with Crippen molar-refractivity contribution in [1.82, 2.24) is 15.1 Å². The molecule has 0 radical (unpaired) electrons. The minimum absolute atomic E-state index is 0.0509. The number of hydrogen-bond acceptors (Lipinski definition) is 3. The quantitative estimate of drug-likeness (QED) is 0.790. The first-order chi connectivity index (χ1) is 11.8. The van der Waals surface area contributed by atoms with Crippen molar-refractivity contribution in [3.05, 3.63) is 0 Å². The molecule has 0 aliphatic carbocycles. The van der Waals surface area contributed by atoms with Crippen LogP contribution in [0.1, 0.15) is 52.9 Å². The van der Waals surface area contributed by atoms with Gasteiger partial charge in [0.05, 0.1) is 5.41 Å². The molecule has 3 amide bonds. The number of carbonyl (C=O) groups excluding carboxylic acids is 2. The lowest BCUT2D eigenvalue weighted by Gasteiger charge is -2.35. The van der Waals surface area contributed by atoms with Gasteiger partial charge in [-0.2, -0.15) is 0 Å². The summed E-state index contributed by atoms with van der Waals surface area (Å²) in [7, 11) is 0. The SMILES string of the molecule is CCC(CC)C(=O)N1CCC(NC(=O)N2CCC(C)(C(=O)O)C2)CC1. The van der Waals surface area contributed by atoms with Crippen LogP contribution in [0.4, 0.5) is 4.79 Å². The molecule has 0 aromatic carbocycles. The maximum absolute atomic E-state index is 12.4. The lowest BCUT2D eigenvalue weighted by atomic mass is 9.90. The summed E-state index contributed by atoms with van der Waals surface area (Å²) in [5.74, 6) is -0.521. The highest BCUT2D eigenvalue weighted by molar-refractivity contribution is 5.80. The molecule has 7 heteroatoms. The van der Waals surface area contributed by atoms with Crippen molar-refractivity contribution in [2.24, 2.45) is 11.3 Å². The Morgan fingerprint density at radius 3 is 2.20 bits per heavy atom. The van der Waals surface area contributed by atoms with Gasteiger partial charge in [0.2, 0.25) is 5.91 Å². The first kappa shape index (κ1) is 19.5. The molecule has 2 aliphatic heterocycles. The van der Waals surface area contributed by atoms with E-state index in [-0.39, 0.29) is 30.4 Å². The second kappa shape index (κ2) is 8.06. The van der Waals surface area contributed by atoms with Crippen molar-refractivity contribution in [3.8, 4) is 0 Å². The lowest BCUT2D eigenvalue weighted by Crippen LogP contribution is -2.51. The molecule has 25 heavy (non-hydrogen) atoms. The van der Waals surface area contributed by atoms with Crippen LogP contribution in [0.2, 0.25) is 0 Å². The predicted octanol–water partition coefficient (Wildman–Crippen LogP) is 1.92. The van der Waals surface area contributed by atoms with E-state index >= 15 is 0 Å². The Morgan fingerprint density at radius 1 is 1.12 bits per heavy atom. The van der Waals surface area contributed by atoms with Gasteiger partial charge in [0.25, 0.3) is 0 Å². The molecule has 0 bridgehead atoms. The summed E-state index contributed by atoms with van der Waals surface area (Å²) >= 11 is 0. The van der Waals surface area contributed by atoms with Crippen molar-refractivity contribution in [3.63, 3.8) is 0 Å². The Balaban J connectivity index is 1.79. The zero-order chi connectivity index (χ0) is 18.6. The largest absolute Gasteiger partial charge is 0.481 e. The van der Waals surface area contributed by atoms with Crippen LogP contribution in [0.15, 0.2) is 0 Å². The van der Waals surface area contributed by atoms with E-state index in [0.29, 0.717) is 26.1 Å². The van der Waals surface area contributed by atoms with Crippen molar-refractivity contribution < 1.29 is 19.5 Å². The van der Waals surface area contributed by atoms with Gasteiger partial charge in [0.1, 0.15) is 0 Å². The molecular weight excluding hydrogens is 322 g/mol. The molecule has 0 aromatic rings. The second-order valence-electron chi connectivity index (χ2n) is 7.60. The third-order valence-electron chi connectivity index (χ3n) is 5.75. The lowest BCUT2D eigenvalue weighted by molar-refractivity contribution is -0.147. The number of urea groups is 1. The highest BCUT2D eigenvalue weighted by Crippen LogP contribution is 2.30. The van der Waals surface area contributed by atoms with E-state index in [1.54, 1.807) is 11.8 Å². The summed E-state index contributed by atoms with van der Waals surface area (Å²) in [4.78, 5) is 39.6. The van der Waals surface area contributed by atoms with E-state index in [2.05, 4.69) is 5.32 Å². The minimum atomic E-state index is -0.851. The van der Waals surface area contributed by atoms with E-state index in [1.165, 1.54) is 0 Å². The maximum Gasteiger partial charge on any atom is 0.317 e. The van der Waals surface area contributed by atoms with Gasteiger partial charge in [0.15, 0.2) is 0 Å². The number of amides is 3. The average Bonchev–Trinajstić information content (AvgIpc) is 3.00. The summed E-state index contributed by atoms with van der Waals surface area (Å²) in [6.45, 7) is 7.84. The molecule has 2 rings (SSSR count). The summed E-state index contributed by atoms with van der Waals surface area (Å²) in [5, 5.41) is 12.3. The Morgan fingerprint density at radius 2 is 1.72 bits per heavy atom. The standard InChI is InChI=1S/C18H31N3O4/c1-4-13(5-2)15(22)20-9-6-14(7-10-20)19-17(25)21-11-8-18(3,12-21)16(23)24/h13-14H,4-12H2,1-3H3,(H,19,25)(H,23,24). The first-order valence-corrected chi connectivity index (χ1v) is 9.38. The number of likely N-dealkylation sites (tertiary alicyclic amines) is 2. The third kappa shape index (κ3) is 4.44. The Kier molecular flexibility index (Phi) is 6.30. The molecule has 1 atom stereocenters. The van der Waals surface area contributed by atoms with Crippen LogP contribution in [-0.4, -0.2) is 65.0 Å². The maximum atomic E-state index is 12.4. The second-order valence-corrected chi connectivity index (χ2v) is 7.60. The number of nitrogens with zero attached hydrogens (tertiary/aromatic N) is 2. The molecule has 2 N–H and O–H groups in total. The molecule has 1 unspecified atom stereocenters. The number of hydrogen-bond donors (Lipinski definition) is 2. The smallest absolute Gasteiger partial charge is 0.317 e. The normalized spacial score (nSPS) is 24.6. The fraction of sp³-hybridized carbons (Fsp3) is 0.833. The van der Waals surface area contributed by atoms with Crippen LogP contribution < -0.4 is 5.32 Å². The molecule has 0 aromatic heterocycles. The summed E-state index contributed by atoms with van der Waals surface area (Å²) in [6, 6.07) is -0.135. The van der Waals surface area contributed by atoms with E-state index in [9.17, 15) is 19.5 Å². The van der Waals surface area contributed by atoms with Crippen molar-refractivity contribution in [2.45, 2.75) is 58.9 Å². The molecule has 2 heterocycles. The Hall–Kier alpha value is -1.79. The summed E-state index contributed by atoms with van der Waals surface area (Å²) in [6.07, 6.45) is 3.72. The number of aliphatic carboxylic acids is 1. The van der Waals surface area contributed by atoms with Crippen LogP contribution in [-0.2, 0) is 9.59 Å². The molecule has 2 saturated heterocycles. The van der Waals surface area contributed by atoms with Crippen molar-refractivity contribution in [2.75, 3.05) is 26.2 Å². The number of rotatable bonds is 5. The van der Waals surface area contributed by atoms with E-state index in [0.717, 1.165) is 25.7 Å². The van der Waals surface area contributed by atoms with Crippen LogP contribution in [0.25, 0.3) is 0 Å². The molecule has 2 aliphatic rings. The van der Waals surface area contributed by atoms with Gasteiger partial charge in [0, 0.05) is 38.1 Å². The fourth-order valence-corrected chi connectivity index (χ4v) is 3.72. The Labute approximate surface area is 149 Å². The van der Waals surface area contributed by atoms with Gasteiger partial charge in [-0.25, -0.2) is 4.79 Å². The van der Waals surface area contributed by atoms with Gasteiger partial charge >= 0.3 is 12.0 Å². The number of carboxylic acids is 1. The first-order valence-electron chi connectivity index (χ1n) is 9.38. The van der Waals surface area contributed by atoms with Gasteiger partial charge in [-0.1, -0.05) is 13.8 Å². The Bertz CT molecular complexity index is 512. The van der Waals surface area contributed by atoms with E-state index in [4.69, 9.17) is 0 Å². The summed E-state index contributed by atoms with van der Waals surface area (Å²) < 4.78 is 0. The van der Waals surface area contributed by atoms with Gasteiger partial charge in [-0.15, -0.1) is 0 Å². The predicted molar refractivity (Wildman–Crippen MR) is 94.1 cm³/mol.